The van der Waals surface area contributed by atoms with Gasteiger partial charge in [0, 0.05) is 35.9 Å². The minimum atomic E-state index is 0.595. The summed E-state index contributed by atoms with van der Waals surface area (Å²) in [7, 11) is 1.94. The number of hydrogen-bond acceptors (Lipinski definition) is 3. The summed E-state index contributed by atoms with van der Waals surface area (Å²) in [6, 6.07) is 6.56. The molecule has 1 N–H and O–H groups in total. The molecule has 1 aliphatic rings. The highest BCUT2D eigenvalue weighted by Crippen LogP contribution is 2.25. The molecule has 0 bridgehead atoms. The van der Waals surface area contributed by atoms with E-state index in [0.717, 1.165) is 35.0 Å². The van der Waals surface area contributed by atoms with Crippen LogP contribution >= 0.6 is 11.6 Å². The Labute approximate surface area is 139 Å². The van der Waals surface area contributed by atoms with Crippen molar-refractivity contribution in [2.45, 2.75) is 58.4 Å². The molecular formula is C18H28ClN3. The summed E-state index contributed by atoms with van der Waals surface area (Å²) in [5.74, 6) is 0. The van der Waals surface area contributed by atoms with Crippen molar-refractivity contribution in [3.05, 3.63) is 28.8 Å². The monoisotopic (exact) mass is 321 g/mol. The Morgan fingerprint density at radius 3 is 2.59 bits per heavy atom. The van der Waals surface area contributed by atoms with Gasteiger partial charge >= 0.3 is 0 Å². The van der Waals surface area contributed by atoms with Gasteiger partial charge in [0.2, 0.25) is 0 Å². The lowest BCUT2D eigenvalue weighted by Gasteiger charge is -2.32. The zero-order chi connectivity index (χ0) is 15.9. The molecule has 3 nitrogen and oxygen atoms in total. The highest BCUT2D eigenvalue weighted by molar-refractivity contribution is 6.31. The van der Waals surface area contributed by atoms with E-state index < -0.39 is 0 Å². The molecule has 0 atom stereocenters. The fourth-order valence-corrected chi connectivity index (χ4v) is 3.41. The van der Waals surface area contributed by atoms with Gasteiger partial charge in [-0.25, -0.2) is 0 Å². The second-order valence-corrected chi connectivity index (χ2v) is 6.32. The number of nitrogens with zero attached hydrogens (tertiary/aromatic N) is 2. The zero-order valence-electron chi connectivity index (χ0n) is 14.0. The number of hydrazone groups is 1. The second kappa shape index (κ2) is 8.42. The third kappa shape index (κ3) is 4.16. The maximum absolute atomic E-state index is 6.20. The topological polar surface area (TPSA) is 27.6 Å². The third-order valence-electron chi connectivity index (χ3n) is 4.47. The standard InChI is InChI=1S/C18H28ClN3/c1-4-17(16-13-14(19)11-12-18(16)20-3)21-22(5-2)15-9-7-6-8-10-15/h11-13,15,20H,4-10H2,1-3H3/b21-17-. The van der Waals surface area contributed by atoms with Gasteiger partial charge in [0.05, 0.1) is 5.71 Å². The van der Waals surface area contributed by atoms with Crippen LogP contribution in [0.2, 0.25) is 5.02 Å². The Bertz CT molecular complexity index is 507. The maximum Gasteiger partial charge on any atom is 0.0696 e. The van der Waals surface area contributed by atoms with Crippen molar-refractivity contribution in [1.29, 1.82) is 0 Å². The highest BCUT2D eigenvalue weighted by Gasteiger charge is 2.20. The van der Waals surface area contributed by atoms with Crippen molar-refractivity contribution in [3.8, 4) is 0 Å². The molecule has 1 aromatic rings. The van der Waals surface area contributed by atoms with Crippen molar-refractivity contribution in [3.63, 3.8) is 0 Å². The van der Waals surface area contributed by atoms with Crippen LogP contribution in [0, 0.1) is 0 Å². The van der Waals surface area contributed by atoms with E-state index in [1.54, 1.807) is 0 Å². The number of halogens is 1. The highest BCUT2D eigenvalue weighted by atomic mass is 35.5. The molecule has 1 fully saturated rings. The normalized spacial score (nSPS) is 16.6. The van der Waals surface area contributed by atoms with Crippen LogP contribution in [0.3, 0.4) is 0 Å². The molecule has 1 saturated carbocycles. The van der Waals surface area contributed by atoms with Crippen LogP contribution in [-0.4, -0.2) is 30.4 Å². The van der Waals surface area contributed by atoms with Crippen LogP contribution in [0.1, 0.15) is 57.9 Å². The Morgan fingerprint density at radius 1 is 1.27 bits per heavy atom. The van der Waals surface area contributed by atoms with Gasteiger partial charge in [-0.2, -0.15) is 5.10 Å². The maximum atomic E-state index is 6.20. The summed E-state index contributed by atoms with van der Waals surface area (Å²) in [4.78, 5) is 0. The molecule has 122 valence electrons. The minimum absolute atomic E-state index is 0.595. The first-order valence-corrected chi connectivity index (χ1v) is 8.89. The first-order chi connectivity index (χ1) is 10.7. The number of rotatable bonds is 6. The van der Waals surface area contributed by atoms with Gasteiger partial charge in [0.25, 0.3) is 0 Å². The van der Waals surface area contributed by atoms with Gasteiger partial charge in [-0.1, -0.05) is 37.8 Å². The van der Waals surface area contributed by atoms with Crippen LogP contribution in [-0.2, 0) is 0 Å². The van der Waals surface area contributed by atoms with Crippen molar-refractivity contribution >= 4 is 23.0 Å². The van der Waals surface area contributed by atoms with Gasteiger partial charge in [0.1, 0.15) is 0 Å². The summed E-state index contributed by atoms with van der Waals surface area (Å²) in [6.45, 7) is 5.32. The van der Waals surface area contributed by atoms with E-state index in [0.29, 0.717) is 6.04 Å². The van der Waals surface area contributed by atoms with Crippen LogP contribution in [0.25, 0.3) is 0 Å². The summed E-state index contributed by atoms with van der Waals surface area (Å²) in [6.07, 6.45) is 7.47. The average molecular weight is 322 g/mol. The first kappa shape index (κ1) is 17.1. The number of nitrogens with one attached hydrogen (secondary N) is 1. The van der Waals surface area contributed by atoms with Gasteiger partial charge in [0.15, 0.2) is 0 Å². The van der Waals surface area contributed by atoms with Crippen molar-refractivity contribution in [2.24, 2.45) is 5.10 Å². The van der Waals surface area contributed by atoms with E-state index in [9.17, 15) is 0 Å². The molecule has 0 aromatic heterocycles. The van der Waals surface area contributed by atoms with E-state index in [1.807, 2.05) is 25.2 Å². The van der Waals surface area contributed by atoms with Crippen LogP contribution in [0.5, 0.6) is 0 Å². The largest absolute Gasteiger partial charge is 0.388 e. The lowest BCUT2D eigenvalue weighted by atomic mass is 9.95. The second-order valence-electron chi connectivity index (χ2n) is 5.89. The van der Waals surface area contributed by atoms with Crippen molar-refractivity contribution in [1.82, 2.24) is 5.01 Å². The van der Waals surface area contributed by atoms with E-state index in [-0.39, 0.29) is 0 Å². The summed E-state index contributed by atoms with van der Waals surface area (Å²) in [5.41, 5.74) is 3.32. The zero-order valence-corrected chi connectivity index (χ0v) is 14.8. The van der Waals surface area contributed by atoms with E-state index >= 15 is 0 Å². The van der Waals surface area contributed by atoms with E-state index in [4.69, 9.17) is 16.7 Å². The number of benzene rings is 1. The fraction of sp³-hybridized carbons (Fsp3) is 0.611. The predicted octanol–water partition coefficient (Wildman–Crippen LogP) is 5.15. The molecular weight excluding hydrogens is 294 g/mol. The van der Waals surface area contributed by atoms with Crippen LogP contribution in [0.4, 0.5) is 5.69 Å². The molecule has 4 heteroatoms. The molecule has 0 heterocycles. The molecule has 1 aliphatic carbocycles. The summed E-state index contributed by atoms with van der Waals surface area (Å²) >= 11 is 6.20. The molecule has 0 saturated heterocycles. The third-order valence-corrected chi connectivity index (χ3v) is 4.70. The van der Waals surface area contributed by atoms with Gasteiger partial charge in [-0.3, -0.25) is 5.01 Å². The van der Waals surface area contributed by atoms with Crippen LogP contribution < -0.4 is 5.32 Å². The smallest absolute Gasteiger partial charge is 0.0696 e. The lowest BCUT2D eigenvalue weighted by Crippen LogP contribution is -2.33. The van der Waals surface area contributed by atoms with E-state index in [1.165, 1.54) is 32.1 Å². The fourth-order valence-electron chi connectivity index (χ4n) is 3.23. The van der Waals surface area contributed by atoms with Crippen molar-refractivity contribution < 1.29 is 0 Å². The molecule has 0 spiro atoms. The molecule has 22 heavy (non-hydrogen) atoms. The average Bonchev–Trinajstić information content (AvgIpc) is 2.57. The first-order valence-electron chi connectivity index (χ1n) is 8.51. The lowest BCUT2D eigenvalue weighted by molar-refractivity contribution is 0.170. The van der Waals surface area contributed by atoms with Gasteiger partial charge < -0.3 is 5.32 Å². The summed E-state index contributed by atoms with van der Waals surface area (Å²) < 4.78 is 0. The molecule has 0 aliphatic heterocycles. The quantitative estimate of drug-likeness (QED) is 0.579. The SMILES string of the molecule is CC/C(=N/N(CC)C1CCCCC1)c1cc(Cl)ccc1NC. The van der Waals surface area contributed by atoms with Crippen molar-refractivity contribution in [2.75, 3.05) is 18.9 Å². The number of hydrogen-bond donors (Lipinski definition) is 1. The van der Waals surface area contributed by atoms with E-state index in [2.05, 4.69) is 24.2 Å². The molecule has 0 radical (unpaired) electrons. The Hall–Kier alpha value is -1.22. The molecule has 2 rings (SSSR count). The molecule has 1 aromatic carbocycles. The molecule has 0 unspecified atom stereocenters. The Balaban J connectivity index is 2.30. The molecule has 0 amide bonds. The Morgan fingerprint density at radius 2 is 2.00 bits per heavy atom. The van der Waals surface area contributed by atoms with Gasteiger partial charge in [-0.15, -0.1) is 0 Å². The van der Waals surface area contributed by atoms with Gasteiger partial charge in [-0.05, 0) is 44.4 Å². The summed E-state index contributed by atoms with van der Waals surface area (Å²) in [5, 5.41) is 11.3. The predicted molar refractivity (Wildman–Crippen MR) is 97.1 cm³/mol. The minimum Gasteiger partial charge on any atom is -0.388 e. The van der Waals surface area contributed by atoms with Crippen LogP contribution in [0.15, 0.2) is 23.3 Å². The Kier molecular flexibility index (Phi) is 6.56. The number of anilines is 1.